The summed E-state index contributed by atoms with van der Waals surface area (Å²) in [6.07, 6.45) is 1.90. The van der Waals surface area contributed by atoms with E-state index in [0.717, 1.165) is 0 Å². The maximum absolute atomic E-state index is 11.8. The lowest BCUT2D eigenvalue weighted by atomic mass is 9.77. The minimum absolute atomic E-state index is 0.0855. The van der Waals surface area contributed by atoms with Crippen molar-refractivity contribution in [1.82, 2.24) is 5.32 Å². The molecule has 4 N–H and O–H groups in total. The van der Waals surface area contributed by atoms with Crippen LogP contribution in [0.25, 0.3) is 0 Å². The van der Waals surface area contributed by atoms with Crippen LogP contribution in [-0.4, -0.2) is 34.4 Å². The lowest BCUT2D eigenvalue weighted by molar-refractivity contribution is -0.139. The monoisotopic (exact) mass is 272 g/mol. The quantitative estimate of drug-likeness (QED) is 0.724. The summed E-state index contributed by atoms with van der Waals surface area (Å²) in [5.41, 5.74) is 4.50. The SMILES string of the molecule is CC(C)(C)OC(=O)NC1(CC(=O)O)CCC(N)CC1. The maximum atomic E-state index is 11.8. The third-order valence-electron chi connectivity index (χ3n) is 3.24. The number of rotatable bonds is 3. The Hall–Kier alpha value is -1.30. The van der Waals surface area contributed by atoms with Crippen LogP contribution < -0.4 is 11.1 Å². The largest absolute Gasteiger partial charge is 0.481 e. The predicted molar refractivity (Wildman–Crippen MR) is 70.8 cm³/mol. The molecule has 0 spiro atoms. The van der Waals surface area contributed by atoms with Crippen LogP contribution in [0.5, 0.6) is 0 Å². The number of ether oxygens (including phenoxy) is 1. The Morgan fingerprint density at radius 2 is 1.89 bits per heavy atom. The number of nitrogens with one attached hydrogen (secondary N) is 1. The van der Waals surface area contributed by atoms with Gasteiger partial charge in [-0.3, -0.25) is 4.79 Å². The highest BCUT2D eigenvalue weighted by Gasteiger charge is 2.38. The smallest absolute Gasteiger partial charge is 0.408 e. The first-order valence-corrected chi connectivity index (χ1v) is 6.60. The van der Waals surface area contributed by atoms with Crippen LogP contribution in [0.1, 0.15) is 52.9 Å². The molecular formula is C13H24N2O4. The van der Waals surface area contributed by atoms with Gasteiger partial charge in [0.15, 0.2) is 0 Å². The van der Waals surface area contributed by atoms with E-state index in [1.807, 2.05) is 0 Å². The lowest BCUT2D eigenvalue weighted by Crippen LogP contribution is -2.54. The Labute approximate surface area is 113 Å². The van der Waals surface area contributed by atoms with E-state index < -0.39 is 23.2 Å². The van der Waals surface area contributed by atoms with E-state index in [1.54, 1.807) is 20.8 Å². The summed E-state index contributed by atoms with van der Waals surface area (Å²) in [4.78, 5) is 22.8. The average Bonchev–Trinajstić information content (AvgIpc) is 2.18. The van der Waals surface area contributed by atoms with Crippen molar-refractivity contribution >= 4 is 12.1 Å². The molecule has 0 aromatic rings. The first-order chi connectivity index (χ1) is 8.62. The van der Waals surface area contributed by atoms with E-state index in [9.17, 15) is 9.59 Å². The molecule has 19 heavy (non-hydrogen) atoms. The molecule has 0 bridgehead atoms. The number of carboxylic acids is 1. The van der Waals surface area contributed by atoms with Gasteiger partial charge >= 0.3 is 12.1 Å². The molecule has 1 aliphatic carbocycles. The topological polar surface area (TPSA) is 102 Å². The first-order valence-electron chi connectivity index (χ1n) is 6.60. The molecule has 0 atom stereocenters. The number of hydrogen-bond donors (Lipinski definition) is 3. The van der Waals surface area contributed by atoms with E-state index in [2.05, 4.69) is 5.32 Å². The third kappa shape index (κ3) is 5.46. The van der Waals surface area contributed by atoms with Crippen molar-refractivity contribution in [1.29, 1.82) is 0 Å². The molecule has 1 fully saturated rings. The molecule has 1 amide bonds. The van der Waals surface area contributed by atoms with Crippen LogP contribution >= 0.6 is 0 Å². The summed E-state index contributed by atoms with van der Waals surface area (Å²) in [6.45, 7) is 5.31. The molecule has 0 aromatic carbocycles. The standard InChI is InChI=1S/C13H24N2O4/c1-12(2,3)19-11(18)15-13(8-10(16)17)6-4-9(14)5-7-13/h9H,4-8,14H2,1-3H3,(H,15,18)(H,16,17). The zero-order valence-electron chi connectivity index (χ0n) is 11.9. The first kappa shape index (κ1) is 15.8. The molecule has 0 unspecified atom stereocenters. The maximum Gasteiger partial charge on any atom is 0.408 e. The molecule has 6 nitrogen and oxygen atoms in total. The number of hydrogen-bond acceptors (Lipinski definition) is 4. The van der Waals surface area contributed by atoms with Gasteiger partial charge in [-0.1, -0.05) is 0 Å². The molecule has 1 rings (SSSR count). The molecule has 1 saturated carbocycles. The van der Waals surface area contributed by atoms with Crippen molar-refractivity contribution in [2.75, 3.05) is 0 Å². The number of alkyl carbamates (subject to hydrolysis) is 1. The highest BCUT2D eigenvalue weighted by Crippen LogP contribution is 2.31. The fourth-order valence-electron chi connectivity index (χ4n) is 2.35. The molecule has 6 heteroatoms. The van der Waals surface area contributed by atoms with Gasteiger partial charge < -0.3 is 20.9 Å². The summed E-state index contributed by atoms with van der Waals surface area (Å²) < 4.78 is 5.20. The fourth-order valence-corrected chi connectivity index (χ4v) is 2.35. The van der Waals surface area contributed by atoms with Gasteiger partial charge in [-0.15, -0.1) is 0 Å². The number of carbonyl (C=O) groups is 2. The van der Waals surface area contributed by atoms with Crippen molar-refractivity contribution in [3.63, 3.8) is 0 Å². The van der Waals surface area contributed by atoms with Gasteiger partial charge in [0.05, 0.1) is 12.0 Å². The Morgan fingerprint density at radius 3 is 2.32 bits per heavy atom. The summed E-state index contributed by atoms with van der Waals surface area (Å²) in [5.74, 6) is -0.925. The second kappa shape index (κ2) is 5.77. The van der Waals surface area contributed by atoms with E-state index in [0.29, 0.717) is 25.7 Å². The molecule has 0 aromatic heterocycles. The minimum Gasteiger partial charge on any atom is -0.481 e. The second-order valence-electron chi connectivity index (χ2n) is 6.32. The van der Waals surface area contributed by atoms with Crippen molar-refractivity contribution in [2.45, 2.75) is 70.1 Å². The Morgan fingerprint density at radius 1 is 1.37 bits per heavy atom. The summed E-state index contributed by atoms with van der Waals surface area (Å²) in [6, 6.07) is 0.0855. The summed E-state index contributed by atoms with van der Waals surface area (Å²) in [5, 5.41) is 11.8. The lowest BCUT2D eigenvalue weighted by Gasteiger charge is -2.39. The second-order valence-corrected chi connectivity index (χ2v) is 6.32. The number of carbonyl (C=O) groups excluding carboxylic acids is 1. The van der Waals surface area contributed by atoms with E-state index in [4.69, 9.17) is 15.6 Å². The van der Waals surface area contributed by atoms with Crippen molar-refractivity contribution < 1.29 is 19.4 Å². The summed E-state index contributed by atoms with van der Waals surface area (Å²) in [7, 11) is 0. The number of nitrogens with two attached hydrogens (primary N) is 1. The predicted octanol–water partition coefficient (Wildman–Crippen LogP) is 1.63. The van der Waals surface area contributed by atoms with Crippen LogP contribution in [0, 0.1) is 0 Å². The summed E-state index contributed by atoms with van der Waals surface area (Å²) >= 11 is 0. The minimum atomic E-state index is -0.925. The zero-order chi connectivity index (χ0) is 14.7. The van der Waals surface area contributed by atoms with Crippen molar-refractivity contribution in [3.8, 4) is 0 Å². The van der Waals surface area contributed by atoms with Gasteiger partial charge in [-0.05, 0) is 46.5 Å². The van der Waals surface area contributed by atoms with Crippen LogP contribution in [0.2, 0.25) is 0 Å². The van der Waals surface area contributed by atoms with Crippen LogP contribution in [0.4, 0.5) is 4.79 Å². The van der Waals surface area contributed by atoms with E-state index in [1.165, 1.54) is 0 Å². The average molecular weight is 272 g/mol. The van der Waals surface area contributed by atoms with Crippen molar-refractivity contribution in [2.24, 2.45) is 5.73 Å². The normalized spacial score (nSPS) is 27.7. The molecule has 0 aliphatic heterocycles. The Kier molecular flexibility index (Phi) is 4.79. The molecule has 110 valence electrons. The van der Waals surface area contributed by atoms with Gasteiger partial charge in [0, 0.05) is 6.04 Å². The molecule has 0 radical (unpaired) electrons. The third-order valence-corrected chi connectivity index (χ3v) is 3.24. The van der Waals surface area contributed by atoms with Gasteiger partial charge in [0.1, 0.15) is 5.60 Å². The number of aliphatic carboxylic acids is 1. The highest BCUT2D eigenvalue weighted by molar-refractivity contribution is 5.73. The van der Waals surface area contributed by atoms with E-state index >= 15 is 0 Å². The van der Waals surface area contributed by atoms with Crippen molar-refractivity contribution in [3.05, 3.63) is 0 Å². The highest BCUT2D eigenvalue weighted by atomic mass is 16.6. The van der Waals surface area contributed by atoms with Crippen LogP contribution in [-0.2, 0) is 9.53 Å². The van der Waals surface area contributed by atoms with E-state index in [-0.39, 0.29) is 12.5 Å². The Balaban J connectivity index is 2.70. The molecule has 1 aliphatic rings. The fraction of sp³-hybridized carbons (Fsp3) is 0.846. The molecule has 0 saturated heterocycles. The number of carboxylic acid groups (broad SMARTS) is 1. The van der Waals surface area contributed by atoms with Gasteiger partial charge in [0.25, 0.3) is 0 Å². The van der Waals surface area contributed by atoms with Gasteiger partial charge in [-0.2, -0.15) is 0 Å². The van der Waals surface area contributed by atoms with Gasteiger partial charge in [-0.25, -0.2) is 4.79 Å². The molecular weight excluding hydrogens is 248 g/mol. The van der Waals surface area contributed by atoms with Crippen LogP contribution in [0.3, 0.4) is 0 Å². The Bertz CT molecular complexity index is 341. The zero-order valence-corrected chi connectivity index (χ0v) is 11.9. The number of amides is 1. The molecule has 0 heterocycles. The van der Waals surface area contributed by atoms with Crippen LogP contribution in [0.15, 0.2) is 0 Å². The van der Waals surface area contributed by atoms with Gasteiger partial charge in [0.2, 0.25) is 0 Å².